The van der Waals surface area contributed by atoms with Crippen molar-refractivity contribution in [1.29, 1.82) is 0 Å². The molecular formula is C22H21FN4O4. The van der Waals surface area contributed by atoms with Crippen LogP contribution in [0.5, 0.6) is 0 Å². The number of piperazine rings is 1. The monoisotopic (exact) mass is 424 g/mol. The third-order valence-electron chi connectivity index (χ3n) is 5.61. The lowest BCUT2D eigenvalue weighted by Gasteiger charge is -2.35. The van der Waals surface area contributed by atoms with E-state index in [0.717, 1.165) is 0 Å². The van der Waals surface area contributed by atoms with E-state index in [2.05, 4.69) is 4.98 Å². The summed E-state index contributed by atoms with van der Waals surface area (Å²) in [7, 11) is 0. The van der Waals surface area contributed by atoms with Crippen LogP contribution in [0.1, 0.15) is 18.5 Å². The van der Waals surface area contributed by atoms with E-state index < -0.39 is 23.1 Å². The largest absolute Gasteiger partial charge is 0.358 e. The van der Waals surface area contributed by atoms with Crippen LogP contribution >= 0.6 is 0 Å². The van der Waals surface area contributed by atoms with Crippen LogP contribution in [0.3, 0.4) is 0 Å². The smallest absolute Gasteiger partial charge is 0.329 e. The maximum absolute atomic E-state index is 14.6. The van der Waals surface area contributed by atoms with E-state index in [0.29, 0.717) is 37.0 Å². The van der Waals surface area contributed by atoms with Gasteiger partial charge in [0.25, 0.3) is 5.56 Å². The number of halogens is 1. The summed E-state index contributed by atoms with van der Waals surface area (Å²) >= 11 is 0. The number of likely N-dealkylation sites (N-methyl/N-ethyl adjacent to an activating group) is 1. The average Bonchev–Trinajstić information content (AvgIpc) is 2.77. The Bertz CT molecular complexity index is 1280. The summed E-state index contributed by atoms with van der Waals surface area (Å²) in [4.78, 5) is 54.6. The zero-order valence-electron chi connectivity index (χ0n) is 16.9. The number of benzene rings is 2. The highest BCUT2D eigenvalue weighted by Crippen LogP contribution is 2.27. The molecule has 1 saturated heterocycles. The van der Waals surface area contributed by atoms with Crippen molar-refractivity contribution in [2.24, 2.45) is 0 Å². The van der Waals surface area contributed by atoms with Crippen LogP contribution in [0.2, 0.25) is 0 Å². The summed E-state index contributed by atoms with van der Waals surface area (Å²) in [5.74, 6) is -0.627. The van der Waals surface area contributed by atoms with E-state index in [1.54, 1.807) is 34.1 Å². The minimum atomic E-state index is -1.08. The number of anilines is 1. The fraction of sp³-hybridized carbons (Fsp3) is 0.273. The van der Waals surface area contributed by atoms with Gasteiger partial charge in [-0.3, -0.25) is 19.1 Å². The first-order valence-corrected chi connectivity index (χ1v) is 9.95. The van der Waals surface area contributed by atoms with Crippen molar-refractivity contribution in [3.8, 4) is 0 Å². The first kappa shape index (κ1) is 20.5. The number of hydrogen-bond acceptors (Lipinski definition) is 5. The Kier molecular flexibility index (Phi) is 5.41. The highest BCUT2D eigenvalue weighted by atomic mass is 19.1. The van der Waals surface area contributed by atoms with Gasteiger partial charge in [0.2, 0.25) is 5.91 Å². The van der Waals surface area contributed by atoms with Crippen LogP contribution in [-0.4, -0.2) is 52.8 Å². The van der Waals surface area contributed by atoms with Gasteiger partial charge in [-0.1, -0.05) is 18.2 Å². The van der Waals surface area contributed by atoms with Crippen LogP contribution in [0.15, 0.2) is 52.1 Å². The molecule has 160 valence electrons. The van der Waals surface area contributed by atoms with E-state index in [9.17, 15) is 23.6 Å². The predicted molar refractivity (Wildman–Crippen MR) is 114 cm³/mol. The van der Waals surface area contributed by atoms with Crippen molar-refractivity contribution in [2.45, 2.75) is 13.0 Å². The Balaban J connectivity index is 1.80. The summed E-state index contributed by atoms with van der Waals surface area (Å²) in [6, 6.07) is 9.50. The first-order chi connectivity index (χ1) is 14.9. The fourth-order valence-corrected chi connectivity index (χ4v) is 3.98. The molecule has 0 radical (unpaired) electrons. The number of carbonyl (C=O) groups is 2. The highest BCUT2D eigenvalue weighted by molar-refractivity contribution is 5.83. The van der Waals surface area contributed by atoms with E-state index in [1.165, 1.54) is 22.8 Å². The summed E-state index contributed by atoms with van der Waals surface area (Å²) < 4.78 is 15.8. The van der Waals surface area contributed by atoms with Crippen molar-refractivity contribution >= 4 is 28.8 Å². The van der Waals surface area contributed by atoms with E-state index in [-0.39, 0.29) is 23.5 Å². The molecule has 1 unspecified atom stereocenters. The maximum atomic E-state index is 14.6. The van der Waals surface area contributed by atoms with Crippen molar-refractivity contribution < 1.29 is 14.0 Å². The third-order valence-corrected chi connectivity index (χ3v) is 5.61. The molecule has 0 bridgehead atoms. The number of hydrogen-bond donors (Lipinski definition) is 1. The van der Waals surface area contributed by atoms with Crippen molar-refractivity contribution in [3.05, 3.63) is 74.7 Å². The molecule has 9 heteroatoms. The topological polar surface area (TPSA) is 95.5 Å². The lowest BCUT2D eigenvalue weighted by molar-refractivity contribution is -0.130. The Morgan fingerprint density at radius 3 is 2.61 bits per heavy atom. The minimum Gasteiger partial charge on any atom is -0.358 e. The molecule has 0 spiro atoms. The second-order valence-corrected chi connectivity index (χ2v) is 7.33. The number of aromatic amines is 1. The van der Waals surface area contributed by atoms with Gasteiger partial charge in [0, 0.05) is 19.6 Å². The Labute approximate surface area is 176 Å². The quantitative estimate of drug-likeness (QED) is 0.623. The number of H-pyrrole nitrogens is 1. The normalized spacial score (nSPS) is 15.4. The molecule has 1 aliphatic rings. The first-order valence-electron chi connectivity index (χ1n) is 9.95. The molecule has 0 aliphatic carbocycles. The summed E-state index contributed by atoms with van der Waals surface area (Å²) in [6.07, 6.45) is 0.573. The average molecular weight is 424 g/mol. The number of rotatable bonds is 5. The Morgan fingerprint density at radius 2 is 1.90 bits per heavy atom. The molecule has 4 rings (SSSR count). The molecule has 2 aromatic carbocycles. The van der Waals surface area contributed by atoms with Gasteiger partial charge in [0.15, 0.2) is 0 Å². The van der Waals surface area contributed by atoms with Gasteiger partial charge < -0.3 is 14.6 Å². The zero-order valence-corrected chi connectivity index (χ0v) is 16.9. The molecule has 1 aromatic heterocycles. The number of nitrogens with one attached hydrogen (secondary N) is 1. The molecule has 1 amide bonds. The fourth-order valence-electron chi connectivity index (χ4n) is 3.98. The molecule has 1 aliphatic heterocycles. The number of carbonyl (C=O) groups excluding carboxylic acids is 2. The van der Waals surface area contributed by atoms with Gasteiger partial charge in [-0.2, -0.15) is 0 Å². The second kappa shape index (κ2) is 8.17. The number of amides is 1. The van der Waals surface area contributed by atoms with Gasteiger partial charge in [0.05, 0.1) is 23.1 Å². The number of aldehydes is 1. The summed E-state index contributed by atoms with van der Waals surface area (Å²) in [5, 5.41) is 0.262. The predicted octanol–water partition coefficient (Wildman–Crippen LogP) is 1.29. The van der Waals surface area contributed by atoms with Gasteiger partial charge in [-0.25, -0.2) is 9.18 Å². The van der Waals surface area contributed by atoms with Crippen molar-refractivity contribution in [3.63, 3.8) is 0 Å². The highest BCUT2D eigenvalue weighted by Gasteiger charge is 2.26. The molecule has 2 heterocycles. The van der Waals surface area contributed by atoms with Gasteiger partial charge in [-0.15, -0.1) is 0 Å². The van der Waals surface area contributed by atoms with E-state index >= 15 is 0 Å². The minimum absolute atomic E-state index is 0.0293. The molecule has 1 N–H and O–H groups in total. The van der Waals surface area contributed by atoms with Gasteiger partial charge >= 0.3 is 5.69 Å². The van der Waals surface area contributed by atoms with Crippen LogP contribution in [0.4, 0.5) is 10.1 Å². The molecule has 1 fully saturated rings. The van der Waals surface area contributed by atoms with Crippen LogP contribution in [0.25, 0.3) is 10.9 Å². The van der Waals surface area contributed by atoms with E-state index in [4.69, 9.17) is 0 Å². The summed E-state index contributed by atoms with van der Waals surface area (Å²) in [6.45, 7) is 3.43. The van der Waals surface area contributed by atoms with Crippen LogP contribution < -0.4 is 16.1 Å². The number of fused-ring (bicyclic) bond motifs is 1. The van der Waals surface area contributed by atoms with E-state index in [1.807, 2.05) is 6.92 Å². The molecule has 8 nitrogen and oxygen atoms in total. The van der Waals surface area contributed by atoms with Crippen molar-refractivity contribution in [2.75, 3.05) is 31.1 Å². The SMILES string of the molecule is CCN1CCN(c2cc(C(C=O)n3c(=O)[nH]c(=O)c4ccccc43)ccc2F)CC1=O. The lowest BCUT2D eigenvalue weighted by Crippen LogP contribution is -2.50. The molecule has 31 heavy (non-hydrogen) atoms. The standard InChI is InChI=1S/C22H21FN4O4/c1-2-25-9-10-26(12-20(25)29)18-11-14(7-8-16(18)23)19(13-28)27-17-6-4-3-5-15(17)21(30)24-22(27)31/h3-8,11,13,19H,2,9-10,12H2,1H3,(H,24,30,31). The Hall–Kier alpha value is -3.75. The number of para-hydroxylation sites is 1. The molecule has 1 atom stereocenters. The number of nitrogens with zero attached hydrogens (tertiary/aromatic N) is 3. The molecule has 0 saturated carbocycles. The third kappa shape index (κ3) is 3.63. The summed E-state index contributed by atoms with van der Waals surface area (Å²) in [5.41, 5.74) is -0.427. The van der Waals surface area contributed by atoms with Crippen LogP contribution in [0, 0.1) is 5.82 Å². The van der Waals surface area contributed by atoms with Crippen LogP contribution in [-0.2, 0) is 9.59 Å². The van der Waals surface area contributed by atoms with Gasteiger partial charge in [0.1, 0.15) is 18.1 Å². The molecular weight excluding hydrogens is 403 g/mol. The molecule has 3 aromatic rings. The Morgan fingerprint density at radius 1 is 1.13 bits per heavy atom. The van der Waals surface area contributed by atoms with Gasteiger partial charge in [-0.05, 0) is 36.8 Å². The number of aromatic nitrogens is 2. The lowest BCUT2D eigenvalue weighted by atomic mass is 10.0. The zero-order chi connectivity index (χ0) is 22.1. The second-order valence-electron chi connectivity index (χ2n) is 7.33. The maximum Gasteiger partial charge on any atom is 0.329 e. The van der Waals surface area contributed by atoms with Crippen molar-refractivity contribution in [1.82, 2.24) is 14.5 Å².